The lowest BCUT2D eigenvalue weighted by Crippen LogP contribution is -2.01. The van der Waals surface area contributed by atoms with E-state index in [1.54, 1.807) is 12.3 Å². The van der Waals surface area contributed by atoms with Gasteiger partial charge in [0.25, 0.3) is 0 Å². The summed E-state index contributed by atoms with van der Waals surface area (Å²) in [5.74, 6) is 0. The van der Waals surface area contributed by atoms with Crippen LogP contribution in [0.25, 0.3) is 0 Å². The molecule has 0 amide bonds. The van der Waals surface area contributed by atoms with E-state index < -0.39 is 9.84 Å². The molecular formula is C8H11NO2S. The van der Waals surface area contributed by atoms with Gasteiger partial charge < -0.3 is 0 Å². The van der Waals surface area contributed by atoms with Gasteiger partial charge in [0, 0.05) is 12.5 Å². The van der Waals surface area contributed by atoms with Crippen LogP contribution in [0.2, 0.25) is 0 Å². The summed E-state index contributed by atoms with van der Waals surface area (Å²) in [5, 5.41) is 0.144. The van der Waals surface area contributed by atoms with Crippen molar-refractivity contribution in [2.45, 2.75) is 18.9 Å². The first-order chi connectivity index (χ1) is 5.41. The molecule has 1 heterocycles. The topological polar surface area (TPSA) is 47.0 Å². The Labute approximate surface area is 72.4 Å². The van der Waals surface area contributed by atoms with Crippen LogP contribution in [0, 0.1) is 13.8 Å². The van der Waals surface area contributed by atoms with Crippen molar-refractivity contribution < 1.29 is 8.42 Å². The first-order valence-corrected chi connectivity index (χ1v) is 5.43. The fourth-order valence-corrected chi connectivity index (χ4v) is 1.44. The SMILES string of the molecule is Cc1cnc(S(C)(=O)=O)cc1C. The summed E-state index contributed by atoms with van der Waals surface area (Å²) in [6, 6.07) is 1.59. The normalized spacial score (nSPS) is 11.6. The Hall–Kier alpha value is -0.900. The number of aryl methyl sites for hydroxylation is 2. The number of sulfone groups is 1. The quantitative estimate of drug-likeness (QED) is 0.658. The molecule has 1 aromatic rings. The van der Waals surface area contributed by atoms with Crippen LogP contribution in [0.5, 0.6) is 0 Å². The van der Waals surface area contributed by atoms with Gasteiger partial charge in [0.1, 0.15) is 0 Å². The molecule has 4 heteroatoms. The van der Waals surface area contributed by atoms with Gasteiger partial charge in [-0.3, -0.25) is 0 Å². The summed E-state index contributed by atoms with van der Waals surface area (Å²) >= 11 is 0. The molecule has 0 saturated heterocycles. The molecule has 0 aliphatic rings. The van der Waals surface area contributed by atoms with E-state index >= 15 is 0 Å². The van der Waals surface area contributed by atoms with E-state index in [1.807, 2.05) is 13.8 Å². The third-order valence-corrected chi connectivity index (χ3v) is 2.71. The van der Waals surface area contributed by atoms with Crippen LogP contribution >= 0.6 is 0 Å². The highest BCUT2D eigenvalue weighted by molar-refractivity contribution is 7.90. The first kappa shape index (κ1) is 9.19. The Balaban J connectivity index is 3.33. The highest BCUT2D eigenvalue weighted by atomic mass is 32.2. The number of pyridine rings is 1. The molecule has 0 saturated carbocycles. The summed E-state index contributed by atoms with van der Waals surface area (Å²) in [4.78, 5) is 3.82. The Morgan fingerprint density at radius 3 is 2.25 bits per heavy atom. The maximum atomic E-state index is 11.0. The highest BCUT2D eigenvalue weighted by Gasteiger charge is 2.08. The molecule has 0 bridgehead atoms. The maximum absolute atomic E-state index is 11.0. The molecule has 0 radical (unpaired) electrons. The van der Waals surface area contributed by atoms with Gasteiger partial charge in [0.05, 0.1) is 0 Å². The number of rotatable bonds is 1. The molecule has 1 rings (SSSR count). The zero-order valence-corrected chi connectivity index (χ0v) is 8.14. The second-order valence-electron chi connectivity index (χ2n) is 2.88. The molecule has 0 N–H and O–H groups in total. The second kappa shape index (κ2) is 2.86. The van der Waals surface area contributed by atoms with Crippen LogP contribution in [0.3, 0.4) is 0 Å². The second-order valence-corrected chi connectivity index (χ2v) is 4.84. The Kier molecular flexibility index (Phi) is 2.19. The number of nitrogens with zero attached hydrogens (tertiary/aromatic N) is 1. The number of aromatic nitrogens is 1. The van der Waals surface area contributed by atoms with Gasteiger partial charge in [-0.05, 0) is 31.0 Å². The minimum absolute atomic E-state index is 0.144. The summed E-state index contributed by atoms with van der Waals surface area (Å²) < 4.78 is 22.1. The molecule has 3 nitrogen and oxygen atoms in total. The van der Waals surface area contributed by atoms with Gasteiger partial charge >= 0.3 is 0 Å². The van der Waals surface area contributed by atoms with E-state index in [-0.39, 0.29) is 5.03 Å². The lowest BCUT2D eigenvalue weighted by Gasteiger charge is -2.01. The maximum Gasteiger partial charge on any atom is 0.192 e. The summed E-state index contributed by atoms with van der Waals surface area (Å²) in [6.07, 6.45) is 2.73. The average molecular weight is 185 g/mol. The van der Waals surface area contributed by atoms with Crippen molar-refractivity contribution >= 4 is 9.84 Å². The third kappa shape index (κ3) is 1.82. The van der Waals surface area contributed by atoms with Gasteiger partial charge in [-0.25, -0.2) is 13.4 Å². The molecule has 0 unspecified atom stereocenters. The summed E-state index contributed by atoms with van der Waals surface area (Å²) in [5.41, 5.74) is 1.95. The van der Waals surface area contributed by atoms with Gasteiger partial charge in [-0.1, -0.05) is 0 Å². The van der Waals surface area contributed by atoms with Gasteiger partial charge in [0.15, 0.2) is 14.9 Å². The molecule has 0 spiro atoms. The van der Waals surface area contributed by atoms with E-state index in [0.717, 1.165) is 17.4 Å². The lowest BCUT2D eigenvalue weighted by atomic mass is 10.2. The van der Waals surface area contributed by atoms with E-state index in [2.05, 4.69) is 4.98 Å². The molecule has 66 valence electrons. The van der Waals surface area contributed by atoms with Crippen LogP contribution in [0.4, 0.5) is 0 Å². The Morgan fingerprint density at radius 2 is 1.83 bits per heavy atom. The van der Waals surface area contributed by atoms with Crippen molar-refractivity contribution in [3.63, 3.8) is 0 Å². The van der Waals surface area contributed by atoms with E-state index in [9.17, 15) is 8.42 Å². The third-order valence-electron chi connectivity index (χ3n) is 1.73. The van der Waals surface area contributed by atoms with Crippen LogP contribution in [-0.2, 0) is 9.84 Å². The van der Waals surface area contributed by atoms with E-state index in [4.69, 9.17) is 0 Å². The van der Waals surface area contributed by atoms with Gasteiger partial charge in [0.2, 0.25) is 0 Å². The predicted molar refractivity (Wildman–Crippen MR) is 46.8 cm³/mol. The standard InChI is InChI=1S/C8H11NO2S/c1-6-4-8(12(3,10)11)9-5-7(6)2/h4-5H,1-3H3. The first-order valence-electron chi connectivity index (χ1n) is 3.54. The van der Waals surface area contributed by atoms with E-state index in [0.29, 0.717) is 0 Å². The Morgan fingerprint density at radius 1 is 1.25 bits per heavy atom. The van der Waals surface area contributed by atoms with Crippen LogP contribution in [0.15, 0.2) is 17.3 Å². The Bertz CT molecular complexity index is 396. The largest absolute Gasteiger partial charge is 0.244 e. The van der Waals surface area contributed by atoms with Gasteiger partial charge in [-0.15, -0.1) is 0 Å². The van der Waals surface area contributed by atoms with Crippen molar-refractivity contribution in [1.82, 2.24) is 4.98 Å². The van der Waals surface area contributed by atoms with E-state index in [1.165, 1.54) is 0 Å². The zero-order chi connectivity index (χ0) is 9.35. The van der Waals surface area contributed by atoms with Gasteiger partial charge in [-0.2, -0.15) is 0 Å². The molecule has 0 aliphatic carbocycles. The molecule has 0 fully saturated rings. The van der Waals surface area contributed by atoms with Crippen molar-refractivity contribution in [3.8, 4) is 0 Å². The minimum atomic E-state index is -3.15. The summed E-state index contributed by atoms with van der Waals surface area (Å²) in [6.45, 7) is 3.76. The smallest absolute Gasteiger partial charge is 0.192 e. The predicted octanol–water partition coefficient (Wildman–Crippen LogP) is 1.10. The minimum Gasteiger partial charge on any atom is -0.244 e. The van der Waals surface area contributed by atoms with Crippen molar-refractivity contribution in [3.05, 3.63) is 23.4 Å². The number of hydrogen-bond acceptors (Lipinski definition) is 3. The van der Waals surface area contributed by atoms with Crippen molar-refractivity contribution in [2.75, 3.05) is 6.26 Å². The molecular weight excluding hydrogens is 174 g/mol. The fraction of sp³-hybridized carbons (Fsp3) is 0.375. The lowest BCUT2D eigenvalue weighted by molar-refractivity contribution is 0.598. The van der Waals surface area contributed by atoms with Crippen LogP contribution < -0.4 is 0 Å². The monoisotopic (exact) mass is 185 g/mol. The summed E-state index contributed by atoms with van der Waals surface area (Å²) in [7, 11) is -3.15. The molecule has 1 aromatic heterocycles. The highest BCUT2D eigenvalue weighted by Crippen LogP contribution is 2.10. The zero-order valence-electron chi connectivity index (χ0n) is 7.33. The molecule has 12 heavy (non-hydrogen) atoms. The molecule has 0 aromatic carbocycles. The fourth-order valence-electron chi connectivity index (χ4n) is 0.801. The van der Waals surface area contributed by atoms with Crippen LogP contribution in [-0.4, -0.2) is 19.7 Å². The molecule has 0 atom stereocenters. The number of hydrogen-bond donors (Lipinski definition) is 0. The average Bonchev–Trinajstić information content (AvgIpc) is 1.92. The van der Waals surface area contributed by atoms with Crippen molar-refractivity contribution in [1.29, 1.82) is 0 Å². The van der Waals surface area contributed by atoms with Crippen molar-refractivity contribution in [2.24, 2.45) is 0 Å². The van der Waals surface area contributed by atoms with Crippen LogP contribution in [0.1, 0.15) is 11.1 Å². The molecule has 0 aliphatic heterocycles.